The molecule has 0 saturated heterocycles. The summed E-state index contributed by atoms with van der Waals surface area (Å²) < 4.78 is 4.50. The van der Waals surface area contributed by atoms with Crippen LogP contribution in [-0.2, 0) is 4.74 Å². The summed E-state index contributed by atoms with van der Waals surface area (Å²) in [6.45, 7) is 1.76. The number of thioether (sulfide) groups is 1. The van der Waals surface area contributed by atoms with Gasteiger partial charge in [-0.1, -0.05) is 0 Å². The summed E-state index contributed by atoms with van der Waals surface area (Å²) in [5, 5.41) is 0. The average Bonchev–Trinajstić information content (AvgIpc) is 1.65. The van der Waals surface area contributed by atoms with E-state index in [0.29, 0.717) is 0 Å². The first-order valence-electron chi connectivity index (χ1n) is 2.15. The van der Waals surface area contributed by atoms with Crippen molar-refractivity contribution in [2.45, 2.75) is 12.4 Å². The Labute approximate surface area is 52.6 Å². The van der Waals surface area contributed by atoms with Gasteiger partial charge in [-0.3, -0.25) is 0 Å². The fourth-order valence-electron chi connectivity index (χ4n) is 0.212. The molecule has 0 bridgehead atoms. The first-order chi connectivity index (χ1) is 3.66. The van der Waals surface area contributed by atoms with Crippen LogP contribution in [0.3, 0.4) is 0 Å². The van der Waals surface area contributed by atoms with Gasteiger partial charge in [0.1, 0.15) is 5.44 Å². The molecule has 0 heterocycles. The van der Waals surface area contributed by atoms with Crippen LogP contribution in [0.1, 0.15) is 6.92 Å². The number of rotatable bonds is 2. The van der Waals surface area contributed by atoms with E-state index in [9.17, 15) is 4.79 Å². The van der Waals surface area contributed by atoms with Crippen LogP contribution >= 0.6 is 11.8 Å². The summed E-state index contributed by atoms with van der Waals surface area (Å²) in [6.07, 6.45) is 1.12. The van der Waals surface area contributed by atoms with E-state index in [2.05, 4.69) is 4.74 Å². The van der Waals surface area contributed by atoms with E-state index in [1.54, 1.807) is 6.92 Å². The maximum atomic E-state index is 9.96. The Morgan fingerprint density at radius 2 is 2.38 bits per heavy atom. The second-order valence-corrected chi connectivity index (χ2v) is 2.38. The summed E-state index contributed by atoms with van der Waals surface area (Å²) in [7, 11) is 0. The van der Waals surface area contributed by atoms with Gasteiger partial charge in [-0.05, 0) is 13.2 Å². The van der Waals surface area contributed by atoms with Gasteiger partial charge in [-0.15, -0.1) is 11.8 Å². The van der Waals surface area contributed by atoms with E-state index in [1.165, 1.54) is 11.8 Å². The standard InChI is InChI=1S/C4H9NO2S/c1-3(8-2)7-4(5)6/h3H,1-2H3,(H2,5,6). The van der Waals surface area contributed by atoms with Gasteiger partial charge in [0.2, 0.25) is 0 Å². The zero-order valence-corrected chi connectivity index (χ0v) is 5.70. The highest BCUT2D eigenvalue weighted by molar-refractivity contribution is 7.99. The molecule has 2 N–H and O–H groups in total. The zero-order chi connectivity index (χ0) is 6.57. The van der Waals surface area contributed by atoms with Crippen molar-refractivity contribution in [2.75, 3.05) is 6.26 Å². The minimum Gasteiger partial charge on any atom is -0.436 e. The van der Waals surface area contributed by atoms with E-state index < -0.39 is 6.09 Å². The molecule has 1 unspecified atom stereocenters. The molecule has 4 heteroatoms. The third kappa shape index (κ3) is 3.80. The quantitative estimate of drug-likeness (QED) is 0.569. The molecule has 0 aliphatic heterocycles. The molecule has 3 nitrogen and oxygen atoms in total. The SMILES string of the molecule is CSC(C)OC(N)=O. The van der Waals surface area contributed by atoms with Crippen molar-refractivity contribution in [3.63, 3.8) is 0 Å². The van der Waals surface area contributed by atoms with Gasteiger partial charge < -0.3 is 10.5 Å². The Hall–Kier alpha value is -0.380. The molecule has 0 aromatic carbocycles. The fourth-order valence-corrected chi connectivity index (χ4v) is 0.403. The summed E-state index contributed by atoms with van der Waals surface area (Å²) in [4.78, 5) is 9.96. The number of carbonyl (C=O) groups is 1. The van der Waals surface area contributed by atoms with Crippen molar-refractivity contribution < 1.29 is 9.53 Å². The molecule has 0 aliphatic rings. The molecule has 0 fully saturated rings. The number of hydrogen-bond acceptors (Lipinski definition) is 3. The Morgan fingerprint density at radius 1 is 1.88 bits per heavy atom. The second-order valence-electron chi connectivity index (χ2n) is 1.24. The summed E-state index contributed by atoms with van der Waals surface area (Å²) >= 11 is 1.43. The first kappa shape index (κ1) is 7.62. The molecule has 8 heavy (non-hydrogen) atoms. The van der Waals surface area contributed by atoms with Crippen LogP contribution in [0, 0.1) is 0 Å². The van der Waals surface area contributed by atoms with Crippen LogP contribution < -0.4 is 5.73 Å². The maximum absolute atomic E-state index is 9.96. The number of hydrogen-bond donors (Lipinski definition) is 1. The predicted molar refractivity (Wildman–Crippen MR) is 33.6 cm³/mol. The fraction of sp³-hybridized carbons (Fsp3) is 0.750. The molecular formula is C4H9NO2S. The van der Waals surface area contributed by atoms with Crippen LogP contribution in [0.4, 0.5) is 4.79 Å². The lowest BCUT2D eigenvalue weighted by Gasteiger charge is -2.05. The predicted octanol–water partition coefficient (Wildman–Crippen LogP) is 0.791. The monoisotopic (exact) mass is 135 g/mol. The van der Waals surface area contributed by atoms with Crippen molar-refractivity contribution in [2.24, 2.45) is 5.73 Å². The topological polar surface area (TPSA) is 52.3 Å². The Kier molecular flexibility index (Phi) is 3.43. The highest BCUT2D eigenvalue weighted by atomic mass is 32.2. The Bertz CT molecular complexity index is 86.1. The van der Waals surface area contributed by atoms with E-state index in [4.69, 9.17) is 5.73 Å². The largest absolute Gasteiger partial charge is 0.436 e. The van der Waals surface area contributed by atoms with Crippen molar-refractivity contribution in [3.8, 4) is 0 Å². The Morgan fingerprint density at radius 3 is 2.50 bits per heavy atom. The average molecular weight is 135 g/mol. The van der Waals surface area contributed by atoms with Crippen molar-refractivity contribution in [1.82, 2.24) is 0 Å². The second kappa shape index (κ2) is 3.60. The van der Waals surface area contributed by atoms with Gasteiger partial charge in [-0.25, -0.2) is 4.79 Å². The van der Waals surface area contributed by atoms with E-state index >= 15 is 0 Å². The molecule has 0 aromatic rings. The molecule has 48 valence electrons. The van der Waals surface area contributed by atoms with E-state index in [1.807, 2.05) is 6.26 Å². The molecule has 0 saturated carbocycles. The lowest BCUT2D eigenvalue weighted by atomic mass is 10.8. The summed E-state index contributed by atoms with van der Waals surface area (Å²) in [5.74, 6) is 0. The van der Waals surface area contributed by atoms with Crippen LogP contribution in [0.15, 0.2) is 0 Å². The van der Waals surface area contributed by atoms with Crippen molar-refractivity contribution in [1.29, 1.82) is 0 Å². The normalized spacial score (nSPS) is 12.8. The minimum atomic E-state index is -0.716. The number of primary amides is 1. The molecular weight excluding hydrogens is 126 g/mol. The molecule has 1 amide bonds. The third-order valence-electron chi connectivity index (χ3n) is 0.614. The smallest absolute Gasteiger partial charge is 0.405 e. The Balaban J connectivity index is 3.24. The van der Waals surface area contributed by atoms with E-state index in [0.717, 1.165) is 0 Å². The number of amides is 1. The highest BCUT2D eigenvalue weighted by Gasteiger charge is 2.00. The summed E-state index contributed by atoms with van der Waals surface area (Å²) in [6, 6.07) is 0. The number of carbonyl (C=O) groups excluding carboxylic acids is 1. The van der Waals surface area contributed by atoms with Crippen molar-refractivity contribution >= 4 is 17.9 Å². The van der Waals surface area contributed by atoms with Gasteiger partial charge in [0.05, 0.1) is 0 Å². The lowest BCUT2D eigenvalue weighted by Crippen LogP contribution is -2.17. The molecule has 0 spiro atoms. The van der Waals surface area contributed by atoms with Gasteiger partial charge in [-0.2, -0.15) is 0 Å². The molecule has 0 rings (SSSR count). The van der Waals surface area contributed by atoms with Crippen LogP contribution in [-0.4, -0.2) is 17.8 Å². The van der Waals surface area contributed by atoms with Crippen LogP contribution in [0.2, 0.25) is 0 Å². The van der Waals surface area contributed by atoms with Gasteiger partial charge in [0, 0.05) is 0 Å². The number of ether oxygens (including phenoxy) is 1. The van der Waals surface area contributed by atoms with Gasteiger partial charge >= 0.3 is 6.09 Å². The third-order valence-corrected chi connectivity index (χ3v) is 1.37. The minimum absolute atomic E-state index is 0.132. The zero-order valence-electron chi connectivity index (χ0n) is 4.88. The lowest BCUT2D eigenvalue weighted by molar-refractivity contribution is 0.152. The van der Waals surface area contributed by atoms with Crippen LogP contribution in [0.5, 0.6) is 0 Å². The first-order valence-corrected chi connectivity index (χ1v) is 3.44. The maximum Gasteiger partial charge on any atom is 0.405 e. The number of nitrogens with two attached hydrogens (primary N) is 1. The summed E-state index contributed by atoms with van der Waals surface area (Å²) in [5.41, 5.74) is 4.56. The van der Waals surface area contributed by atoms with Gasteiger partial charge in [0.25, 0.3) is 0 Å². The van der Waals surface area contributed by atoms with E-state index in [-0.39, 0.29) is 5.44 Å². The highest BCUT2D eigenvalue weighted by Crippen LogP contribution is 2.04. The molecule has 0 aromatic heterocycles. The molecule has 0 radical (unpaired) electrons. The van der Waals surface area contributed by atoms with Gasteiger partial charge in [0.15, 0.2) is 0 Å². The molecule has 1 atom stereocenters. The van der Waals surface area contributed by atoms with Crippen LogP contribution in [0.25, 0.3) is 0 Å². The van der Waals surface area contributed by atoms with Crippen molar-refractivity contribution in [3.05, 3.63) is 0 Å². The molecule has 0 aliphatic carbocycles.